The van der Waals surface area contributed by atoms with Crippen LogP contribution in [0, 0.1) is 0 Å². The van der Waals surface area contributed by atoms with E-state index in [0.717, 1.165) is 17.1 Å². The first-order chi connectivity index (χ1) is 12.3. The van der Waals surface area contributed by atoms with Crippen molar-refractivity contribution in [3.05, 3.63) is 108 Å². The molecule has 3 aromatic rings. The maximum Gasteiger partial charge on any atom is 0.206 e. The van der Waals surface area contributed by atoms with E-state index in [-0.39, 0.29) is 10.4 Å². The zero-order chi connectivity index (χ0) is 17.3. The smallest absolute Gasteiger partial charge is 0.206 e. The summed E-state index contributed by atoms with van der Waals surface area (Å²) in [4.78, 5) is 12.9. The molecule has 0 aliphatic rings. The van der Waals surface area contributed by atoms with Crippen LogP contribution in [0.5, 0.6) is 0 Å². The van der Waals surface area contributed by atoms with E-state index in [2.05, 4.69) is 24.3 Å². The normalized spacial score (nSPS) is 11.8. The summed E-state index contributed by atoms with van der Waals surface area (Å²) in [6.45, 7) is 0. The summed E-state index contributed by atoms with van der Waals surface area (Å²) in [5.41, 5.74) is 3.50. The molecule has 25 heavy (non-hydrogen) atoms. The third kappa shape index (κ3) is 5.52. The Hall–Kier alpha value is -1.97. The maximum atomic E-state index is 12.9. The lowest BCUT2D eigenvalue weighted by Gasteiger charge is -2.16. The molecule has 126 valence electrons. The van der Waals surface area contributed by atoms with Crippen LogP contribution in [0.25, 0.3) is 0 Å². The molecule has 3 rings (SSSR count). The summed E-state index contributed by atoms with van der Waals surface area (Å²) in [5, 5.41) is 0.0751. The average molecular weight is 365 g/mol. The van der Waals surface area contributed by atoms with Crippen molar-refractivity contribution in [3.63, 3.8) is 0 Å². The Morgan fingerprint density at radius 2 is 1.16 bits per heavy atom. The lowest BCUT2D eigenvalue weighted by molar-refractivity contribution is -0.110. The molecule has 1 atom stereocenters. The standard InChI is InChI=1S/C22H20OS2/c23-22(25-17-19-12-6-2-7-13-19)21(20-14-8-3-9-15-20)24-16-18-10-4-1-5-11-18/h1-15,21H,16-17H2. The first-order valence-corrected chi connectivity index (χ1v) is 10.3. The molecule has 3 aromatic carbocycles. The van der Waals surface area contributed by atoms with Crippen molar-refractivity contribution in [1.82, 2.24) is 0 Å². The molecule has 0 heterocycles. The highest BCUT2D eigenvalue weighted by molar-refractivity contribution is 8.15. The van der Waals surface area contributed by atoms with Crippen LogP contribution >= 0.6 is 23.5 Å². The summed E-state index contributed by atoms with van der Waals surface area (Å²) >= 11 is 3.11. The minimum atomic E-state index is -0.143. The fourth-order valence-corrected chi connectivity index (χ4v) is 4.72. The molecular formula is C22H20OS2. The van der Waals surface area contributed by atoms with E-state index < -0.39 is 0 Å². The van der Waals surface area contributed by atoms with Crippen LogP contribution in [0.15, 0.2) is 91.0 Å². The number of carbonyl (C=O) groups excluding carboxylic acids is 1. The van der Waals surface area contributed by atoms with Crippen molar-refractivity contribution in [3.8, 4) is 0 Å². The van der Waals surface area contributed by atoms with Gasteiger partial charge in [0.2, 0.25) is 5.12 Å². The van der Waals surface area contributed by atoms with Gasteiger partial charge >= 0.3 is 0 Å². The van der Waals surface area contributed by atoms with Crippen LogP contribution < -0.4 is 0 Å². The van der Waals surface area contributed by atoms with Crippen LogP contribution in [0.3, 0.4) is 0 Å². The molecule has 0 saturated carbocycles. The minimum Gasteiger partial charge on any atom is -0.286 e. The molecule has 0 spiro atoms. The molecule has 0 N–H and O–H groups in total. The van der Waals surface area contributed by atoms with Crippen molar-refractivity contribution in [2.24, 2.45) is 0 Å². The minimum absolute atomic E-state index is 0.143. The van der Waals surface area contributed by atoms with Gasteiger partial charge in [-0.1, -0.05) is 103 Å². The monoisotopic (exact) mass is 364 g/mol. The van der Waals surface area contributed by atoms with Crippen molar-refractivity contribution >= 4 is 28.6 Å². The Labute approximate surface area is 157 Å². The second-order valence-electron chi connectivity index (χ2n) is 5.68. The Morgan fingerprint density at radius 3 is 1.72 bits per heavy atom. The lowest BCUT2D eigenvalue weighted by Crippen LogP contribution is -2.06. The SMILES string of the molecule is O=C(SCc1ccccc1)C(SCc1ccccc1)c1ccccc1. The summed E-state index contributed by atoms with van der Waals surface area (Å²) in [7, 11) is 0. The molecule has 0 fully saturated rings. The molecule has 1 nitrogen and oxygen atoms in total. The zero-order valence-corrected chi connectivity index (χ0v) is 15.5. The Morgan fingerprint density at radius 1 is 0.680 bits per heavy atom. The first kappa shape index (κ1) is 17.8. The molecular weight excluding hydrogens is 344 g/mol. The molecule has 0 aromatic heterocycles. The number of benzene rings is 3. The van der Waals surface area contributed by atoms with E-state index in [1.807, 2.05) is 66.7 Å². The first-order valence-electron chi connectivity index (χ1n) is 8.24. The molecule has 1 unspecified atom stereocenters. The number of carbonyl (C=O) groups is 1. The summed E-state index contributed by atoms with van der Waals surface area (Å²) in [6, 6.07) is 30.6. The highest BCUT2D eigenvalue weighted by atomic mass is 32.2. The third-order valence-corrected chi connectivity index (χ3v) is 6.27. The van der Waals surface area contributed by atoms with Gasteiger partial charge in [-0.05, 0) is 16.7 Å². The van der Waals surface area contributed by atoms with Gasteiger partial charge in [0.05, 0.1) is 5.25 Å². The summed E-state index contributed by atoms with van der Waals surface area (Å²) < 4.78 is 0. The van der Waals surface area contributed by atoms with Crippen molar-refractivity contribution in [2.75, 3.05) is 0 Å². The van der Waals surface area contributed by atoms with Crippen LogP contribution in [-0.2, 0) is 16.3 Å². The molecule has 0 radical (unpaired) electrons. The van der Waals surface area contributed by atoms with Crippen LogP contribution in [0.1, 0.15) is 21.9 Å². The van der Waals surface area contributed by atoms with Gasteiger partial charge < -0.3 is 0 Å². The van der Waals surface area contributed by atoms with E-state index in [1.54, 1.807) is 11.8 Å². The molecule has 3 heteroatoms. The van der Waals surface area contributed by atoms with Crippen molar-refractivity contribution in [2.45, 2.75) is 16.8 Å². The van der Waals surface area contributed by atoms with Gasteiger partial charge in [0, 0.05) is 11.5 Å². The van der Waals surface area contributed by atoms with Gasteiger partial charge in [0.15, 0.2) is 0 Å². The van der Waals surface area contributed by atoms with E-state index in [9.17, 15) is 4.79 Å². The predicted octanol–water partition coefficient (Wildman–Crippen LogP) is 6.12. The molecule has 0 bridgehead atoms. The van der Waals surface area contributed by atoms with E-state index >= 15 is 0 Å². The second kappa shape index (κ2) is 9.50. The molecule has 0 amide bonds. The van der Waals surface area contributed by atoms with E-state index in [4.69, 9.17) is 0 Å². The van der Waals surface area contributed by atoms with Crippen LogP contribution in [0.2, 0.25) is 0 Å². The maximum absolute atomic E-state index is 12.9. The van der Waals surface area contributed by atoms with Crippen molar-refractivity contribution < 1.29 is 4.79 Å². The third-order valence-electron chi connectivity index (χ3n) is 3.80. The van der Waals surface area contributed by atoms with Crippen LogP contribution in [0.4, 0.5) is 0 Å². The topological polar surface area (TPSA) is 17.1 Å². The highest BCUT2D eigenvalue weighted by Crippen LogP contribution is 2.36. The number of hydrogen-bond acceptors (Lipinski definition) is 3. The van der Waals surface area contributed by atoms with Gasteiger partial charge in [-0.25, -0.2) is 0 Å². The van der Waals surface area contributed by atoms with Gasteiger partial charge in [0.1, 0.15) is 0 Å². The number of hydrogen-bond donors (Lipinski definition) is 0. The molecule has 0 saturated heterocycles. The molecule has 0 aliphatic heterocycles. The highest BCUT2D eigenvalue weighted by Gasteiger charge is 2.21. The van der Waals surface area contributed by atoms with Crippen LogP contribution in [-0.4, -0.2) is 5.12 Å². The van der Waals surface area contributed by atoms with Gasteiger partial charge in [-0.2, -0.15) is 0 Å². The largest absolute Gasteiger partial charge is 0.286 e. The Bertz CT molecular complexity index is 773. The number of rotatable bonds is 7. The van der Waals surface area contributed by atoms with Gasteiger partial charge in [-0.15, -0.1) is 11.8 Å². The number of thioether (sulfide) groups is 2. The van der Waals surface area contributed by atoms with E-state index in [1.165, 1.54) is 22.9 Å². The fraction of sp³-hybridized carbons (Fsp3) is 0.136. The van der Waals surface area contributed by atoms with Crippen molar-refractivity contribution in [1.29, 1.82) is 0 Å². The lowest BCUT2D eigenvalue weighted by atomic mass is 10.2. The van der Waals surface area contributed by atoms with Gasteiger partial charge in [0.25, 0.3) is 0 Å². The average Bonchev–Trinajstić information content (AvgIpc) is 2.69. The summed E-state index contributed by atoms with van der Waals surface area (Å²) in [5.74, 6) is 1.55. The van der Waals surface area contributed by atoms with Gasteiger partial charge in [-0.3, -0.25) is 4.79 Å². The van der Waals surface area contributed by atoms with E-state index in [0.29, 0.717) is 0 Å². The predicted molar refractivity (Wildman–Crippen MR) is 110 cm³/mol. The quantitative estimate of drug-likeness (QED) is 0.502. The Kier molecular flexibility index (Phi) is 6.78. The fourth-order valence-electron chi connectivity index (χ4n) is 2.49. The second-order valence-corrected chi connectivity index (χ2v) is 7.75. The Balaban J connectivity index is 1.68. The molecule has 0 aliphatic carbocycles. The summed E-state index contributed by atoms with van der Waals surface area (Å²) in [6.07, 6.45) is 0. The zero-order valence-electron chi connectivity index (χ0n) is 13.9.